The summed E-state index contributed by atoms with van der Waals surface area (Å²) >= 11 is 6.08. The highest BCUT2D eigenvalue weighted by molar-refractivity contribution is 7.89. The van der Waals surface area contributed by atoms with Crippen LogP contribution in [0.15, 0.2) is 23.1 Å². The number of aryl methyl sites for hydroxylation is 2. The molecule has 1 aromatic carbocycles. The highest BCUT2D eigenvalue weighted by Gasteiger charge is 2.32. The van der Waals surface area contributed by atoms with Crippen LogP contribution in [-0.2, 0) is 26.1 Å². The fourth-order valence-electron chi connectivity index (χ4n) is 3.13. The van der Waals surface area contributed by atoms with Crippen molar-refractivity contribution in [3.63, 3.8) is 0 Å². The first-order chi connectivity index (χ1) is 13.2. The molecule has 10 heteroatoms. The van der Waals surface area contributed by atoms with Crippen molar-refractivity contribution in [3.8, 4) is 0 Å². The monoisotopic (exact) mass is 426 g/mol. The largest absolute Gasteiger partial charge is 0.379 e. The van der Waals surface area contributed by atoms with Crippen molar-refractivity contribution in [3.05, 3.63) is 40.2 Å². The van der Waals surface area contributed by atoms with Gasteiger partial charge in [-0.1, -0.05) is 17.7 Å². The highest BCUT2D eigenvalue weighted by Crippen LogP contribution is 2.24. The molecule has 0 bridgehead atoms. The molecule has 1 saturated heterocycles. The molecule has 28 heavy (non-hydrogen) atoms. The number of carbonyl (C=O) groups excluding carboxylic acids is 1. The van der Waals surface area contributed by atoms with E-state index in [0.717, 1.165) is 5.56 Å². The van der Waals surface area contributed by atoms with E-state index >= 15 is 0 Å². The number of rotatable bonds is 5. The number of anilines is 1. The van der Waals surface area contributed by atoms with Crippen LogP contribution in [0.5, 0.6) is 0 Å². The lowest BCUT2D eigenvalue weighted by Crippen LogP contribution is -2.41. The molecule has 1 amide bonds. The van der Waals surface area contributed by atoms with Gasteiger partial charge in [0, 0.05) is 23.8 Å². The summed E-state index contributed by atoms with van der Waals surface area (Å²) in [7, 11) is -3.69. The maximum atomic E-state index is 13.0. The number of benzene rings is 1. The molecular weight excluding hydrogens is 404 g/mol. The fourth-order valence-corrected chi connectivity index (χ4v) is 5.09. The van der Waals surface area contributed by atoms with Crippen LogP contribution in [0.2, 0.25) is 5.02 Å². The number of ether oxygens (including phenoxy) is 1. The van der Waals surface area contributed by atoms with E-state index < -0.39 is 10.0 Å². The van der Waals surface area contributed by atoms with E-state index in [-0.39, 0.29) is 17.3 Å². The minimum atomic E-state index is -3.69. The summed E-state index contributed by atoms with van der Waals surface area (Å²) in [5.74, 6) is -0.319. The van der Waals surface area contributed by atoms with Crippen LogP contribution in [0.1, 0.15) is 17.0 Å². The van der Waals surface area contributed by atoms with Gasteiger partial charge in [-0.2, -0.15) is 9.40 Å². The number of hydrogen-bond donors (Lipinski definition) is 1. The van der Waals surface area contributed by atoms with E-state index in [0.29, 0.717) is 48.4 Å². The van der Waals surface area contributed by atoms with Gasteiger partial charge in [-0.15, -0.1) is 0 Å². The lowest BCUT2D eigenvalue weighted by Gasteiger charge is -2.26. The Morgan fingerprint density at radius 3 is 2.57 bits per heavy atom. The third-order valence-electron chi connectivity index (χ3n) is 4.63. The van der Waals surface area contributed by atoms with Gasteiger partial charge >= 0.3 is 0 Å². The number of nitrogens with zero attached hydrogens (tertiary/aromatic N) is 3. The summed E-state index contributed by atoms with van der Waals surface area (Å²) in [5.41, 5.74) is 2.29. The van der Waals surface area contributed by atoms with Gasteiger partial charge < -0.3 is 10.1 Å². The van der Waals surface area contributed by atoms with Crippen molar-refractivity contribution in [2.75, 3.05) is 31.6 Å². The Morgan fingerprint density at radius 2 is 1.93 bits per heavy atom. The summed E-state index contributed by atoms with van der Waals surface area (Å²) in [4.78, 5) is 12.6. The molecule has 2 heterocycles. The maximum absolute atomic E-state index is 13.0. The van der Waals surface area contributed by atoms with Crippen molar-refractivity contribution >= 4 is 33.2 Å². The van der Waals surface area contributed by atoms with Crippen molar-refractivity contribution in [1.82, 2.24) is 14.1 Å². The minimum Gasteiger partial charge on any atom is -0.379 e. The summed E-state index contributed by atoms with van der Waals surface area (Å²) in [6.07, 6.45) is 0. The van der Waals surface area contributed by atoms with Crippen LogP contribution in [0.25, 0.3) is 0 Å². The van der Waals surface area contributed by atoms with Crippen LogP contribution in [-0.4, -0.2) is 54.7 Å². The van der Waals surface area contributed by atoms with Gasteiger partial charge in [0.15, 0.2) is 0 Å². The Bertz CT molecular complexity index is 997. The third-order valence-corrected chi connectivity index (χ3v) is 7.19. The zero-order valence-electron chi connectivity index (χ0n) is 16.0. The molecule has 1 aromatic heterocycles. The number of amides is 1. The van der Waals surface area contributed by atoms with E-state index in [9.17, 15) is 13.2 Å². The number of carbonyl (C=O) groups is 1. The molecule has 1 N–H and O–H groups in total. The maximum Gasteiger partial charge on any atom is 0.246 e. The van der Waals surface area contributed by atoms with E-state index in [4.69, 9.17) is 16.3 Å². The molecule has 0 aliphatic carbocycles. The predicted octanol–water partition coefficient (Wildman–Crippen LogP) is 2.12. The molecule has 0 atom stereocenters. The molecule has 1 aliphatic heterocycles. The van der Waals surface area contributed by atoms with Gasteiger partial charge in [-0.05, 0) is 38.5 Å². The molecule has 2 aromatic rings. The predicted molar refractivity (Wildman–Crippen MR) is 106 cm³/mol. The Balaban J connectivity index is 1.79. The van der Waals surface area contributed by atoms with Crippen molar-refractivity contribution in [2.45, 2.75) is 32.2 Å². The van der Waals surface area contributed by atoms with Gasteiger partial charge in [-0.3, -0.25) is 9.48 Å². The fraction of sp³-hybridized carbons (Fsp3) is 0.444. The van der Waals surface area contributed by atoms with Crippen molar-refractivity contribution in [1.29, 1.82) is 0 Å². The molecule has 0 spiro atoms. The lowest BCUT2D eigenvalue weighted by molar-refractivity contribution is -0.116. The molecule has 3 rings (SSSR count). The molecule has 1 fully saturated rings. The van der Waals surface area contributed by atoms with E-state index in [2.05, 4.69) is 10.4 Å². The number of sulfonamides is 1. The topological polar surface area (TPSA) is 93.5 Å². The first-order valence-corrected chi connectivity index (χ1v) is 10.7. The number of morpholine rings is 1. The number of nitrogens with one attached hydrogen (secondary N) is 1. The molecule has 152 valence electrons. The zero-order valence-corrected chi connectivity index (χ0v) is 17.6. The average molecular weight is 427 g/mol. The van der Waals surface area contributed by atoms with Crippen LogP contribution < -0.4 is 5.32 Å². The van der Waals surface area contributed by atoms with Gasteiger partial charge in [0.2, 0.25) is 15.9 Å². The van der Waals surface area contributed by atoms with Crippen LogP contribution >= 0.6 is 11.6 Å². The van der Waals surface area contributed by atoms with Gasteiger partial charge in [-0.25, -0.2) is 8.42 Å². The summed E-state index contributed by atoms with van der Waals surface area (Å²) in [6, 6.07) is 5.24. The number of halogens is 1. The first-order valence-electron chi connectivity index (χ1n) is 8.88. The van der Waals surface area contributed by atoms with E-state index in [1.54, 1.807) is 26.0 Å². The van der Waals surface area contributed by atoms with Gasteiger partial charge in [0.05, 0.1) is 24.6 Å². The number of aromatic nitrogens is 2. The average Bonchev–Trinajstić information content (AvgIpc) is 2.92. The van der Waals surface area contributed by atoms with Crippen LogP contribution in [0.4, 0.5) is 5.69 Å². The van der Waals surface area contributed by atoms with Gasteiger partial charge in [0.25, 0.3) is 0 Å². The van der Waals surface area contributed by atoms with Crippen LogP contribution in [0.3, 0.4) is 0 Å². The summed E-state index contributed by atoms with van der Waals surface area (Å²) in [5, 5.41) is 7.59. The zero-order chi connectivity index (χ0) is 20.5. The Morgan fingerprint density at radius 1 is 1.25 bits per heavy atom. The third kappa shape index (κ3) is 4.22. The highest BCUT2D eigenvalue weighted by atomic mass is 35.5. The minimum absolute atomic E-state index is 0.100. The molecular formula is C18H23ClN4O4S. The molecule has 8 nitrogen and oxygen atoms in total. The summed E-state index contributed by atoms with van der Waals surface area (Å²) < 4.78 is 34.0. The first kappa shape index (κ1) is 20.8. The van der Waals surface area contributed by atoms with Gasteiger partial charge in [0.1, 0.15) is 11.4 Å². The molecule has 0 unspecified atom stereocenters. The van der Waals surface area contributed by atoms with Crippen molar-refractivity contribution in [2.24, 2.45) is 0 Å². The Labute approximate surface area is 169 Å². The second-order valence-electron chi connectivity index (χ2n) is 6.69. The number of hydrogen-bond acceptors (Lipinski definition) is 5. The summed E-state index contributed by atoms with van der Waals surface area (Å²) in [6.45, 7) is 6.41. The van der Waals surface area contributed by atoms with Crippen molar-refractivity contribution < 1.29 is 17.9 Å². The van der Waals surface area contributed by atoms with Crippen LogP contribution in [0, 0.1) is 20.8 Å². The normalized spacial score (nSPS) is 15.6. The standard InChI is InChI=1S/C18H23ClN4O4S/c1-12-4-5-15(10-16(12)19)20-17(24)11-23-14(3)18(13(2)21-23)28(25,26)22-6-8-27-9-7-22/h4-5,10H,6-9,11H2,1-3H3,(H,20,24). The van der Waals surface area contributed by atoms with E-state index in [1.807, 2.05) is 13.0 Å². The molecule has 1 aliphatic rings. The quantitative estimate of drug-likeness (QED) is 0.790. The molecule has 0 saturated carbocycles. The Hall–Kier alpha value is -1.94. The second-order valence-corrected chi connectivity index (χ2v) is 8.97. The second kappa shape index (κ2) is 8.20. The SMILES string of the molecule is Cc1ccc(NC(=O)Cn2nc(C)c(S(=O)(=O)N3CCOCC3)c2C)cc1Cl. The lowest BCUT2D eigenvalue weighted by atomic mass is 10.2. The van der Waals surface area contributed by atoms with E-state index in [1.165, 1.54) is 8.99 Å². The smallest absolute Gasteiger partial charge is 0.246 e. The molecule has 0 radical (unpaired) electrons. The Kier molecular flexibility index (Phi) is 6.09.